The summed E-state index contributed by atoms with van der Waals surface area (Å²) < 4.78 is 5.13. The summed E-state index contributed by atoms with van der Waals surface area (Å²) >= 11 is 1.18. The number of urea groups is 1. The molecule has 2 aromatic rings. The first kappa shape index (κ1) is 23.8. The van der Waals surface area contributed by atoms with E-state index in [1.807, 2.05) is 30.3 Å². The van der Waals surface area contributed by atoms with Gasteiger partial charge in [-0.25, -0.2) is 9.59 Å². The number of imide groups is 1. The van der Waals surface area contributed by atoms with E-state index in [1.165, 1.54) is 17.4 Å². The van der Waals surface area contributed by atoms with E-state index in [1.54, 1.807) is 33.1 Å². The minimum absolute atomic E-state index is 0.145. The summed E-state index contributed by atoms with van der Waals surface area (Å²) in [6.45, 7) is 6.42. The van der Waals surface area contributed by atoms with Gasteiger partial charge in [-0.3, -0.25) is 14.9 Å². The standard InChI is InChI=1S/C22H25N3O5S/c1-13(2)10-17(26)24-20-19(16(12-31-20)15-8-6-5-7-9-15)21(28)30-11-18(27)25-22(29)23-14(3)4/h5-10,12,14H,11H2,1-4H3,(H,24,26)(H2,23,25,27,29). The van der Waals surface area contributed by atoms with Gasteiger partial charge in [-0.2, -0.15) is 0 Å². The quantitative estimate of drug-likeness (QED) is 0.446. The molecule has 2 rings (SSSR count). The predicted octanol–water partition coefficient (Wildman–Crippen LogP) is 3.71. The van der Waals surface area contributed by atoms with Crippen LogP contribution in [0.4, 0.5) is 9.80 Å². The van der Waals surface area contributed by atoms with Crippen LogP contribution in [-0.4, -0.2) is 36.5 Å². The lowest BCUT2D eigenvalue weighted by molar-refractivity contribution is -0.123. The van der Waals surface area contributed by atoms with Gasteiger partial charge in [-0.05, 0) is 33.3 Å². The number of rotatable bonds is 7. The Labute approximate surface area is 184 Å². The SMILES string of the molecule is CC(C)=CC(=O)Nc1scc(-c2ccccc2)c1C(=O)OCC(=O)NC(=O)NC(C)C. The van der Waals surface area contributed by atoms with Crippen LogP contribution < -0.4 is 16.0 Å². The molecule has 1 aromatic carbocycles. The first-order valence-corrected chi connectivity index (χ1v) is 10.5. The molecule has 8 nitrogen and oxygen atoms in total. The second-order valence-electron chi connectivity index (χ2n) is 7.18. The molecule has 0 bridgehead atoms. The number of ether oxygens (including phenoxy) is 1. The number of benzene rings is 1. The number of hydrogen-bond donors (Lipinski definition) is 3. The fraction of sp³-hybridized carbons (Fsp3) is 0.273. The maximum absolute atomic E-state index is 12.8. The van der Waals surface area contributed by atoms with Crippen LogP contribution in [0.25, 0.3) is 11.1 Å². The van der Waals surface area contributed by atoms with Crippen molar-refractivity contribution >= 4 is 40.2 Å². The lowest BCUT2D eigenvalue weighted by Crippen LogP contribution is -2.44. The smallest absolute Gasteiger partial charge is 0.342 e. The molecular weight excluding hydrogens is 418 g/mol. The number of hydrogen-bond acceptors (Lipinski definition) is 6. The Bertz CT molecular complexity index is 992. The van der Waals surface area contributed by atoms with Crippen LogP contribution in [0.5, 0.6) is 0 Å². The van der Waals surface area contributed by atoms with Gasteiger partial charge in [0, 0.05) is 23.1 Å². The molecule has 9 heteroatoms. The van der Waals surface area contributed by atoms with Crippen molar-refractivity contribution in [2.24, 2.45) is 0 Å². The Hall–Kier alpha value is -3.46. The van der Waals surface area contributed by atoms with Crippen LogP contribution in [0.1, 0.15) is 38.1 Å². The number of anilines is 1. The van der Waals surface area contributed by atoms with Gasteiger partial charge in [0.05, 0.1) is 0 Å². The van der Waals surface area contributed by atoms with Crippen LogP contribution in [0.15, 0.2) is 47.4 Å². The zero-order valence-corrected chi connectivity index (χ0v) is 18.6. The number of carbonyl (C=O) groups excluding carboxylic acids is 4. The van der Waals surface area contributed by atoms with Gasteiger partial charge >= 0.3 is 12.0 Å². The number of esters is 1. The van der Waals surface area contributed by atoms with Gasteiger partial charge in [-0.15, -0.1) is 11.3 Å². The van der Waals surface area contributed by atoms with Crippen LogP contribution in [0.3, 0.4) is 0 Å². The highest BCUT2D eigenvalue weighted by Gasteiger charge is 2.23. The van der Waals surface area contributed by atoms with Crippen molar-refractivity contribution < 1.29 is 23.9 Å². The van der Waals surface area contributed by atoms with Crippen LogP contribution >= 0.6 is 11.3 Å². The number of amides is 4. The maximum Gasteiger partial charge on any atom is 0.342 e. The molecule has 164 valence electrons. The predicted molar refractivity (Wildman–Crippen MR) is 120 cm³/mol. The second kappa shape index (κ2) is 11.1. The monoisotopic (exact) mass is 443 g/mol. The molecule has 0 aliphatic carbocycles. The molecular formula is C22H25N3O5S. The lowest BCUT2D eigenvalue weighted by Gasteiger charge is -2.11. The molecule has 0 unspecified atom stereocenters. The van der Waals surface area contributed by atoms with E-state index >= 15 is 0 Å². The van der Waals surface area contributed by atoms with E-state index in [2.05, 4.69) is 16.0 Å². The average molecular weight is 444 g/mol. The number of allylic oxidation sites excluding steroid dienone is 1. The van der Waals surface area contributed by atoms with Gasteiger partial charge in [-0.1, -0.05) is 35.9 Å². The molecule has 0 atom stereocenters. The van der Waals surface area contributed by atoms with Crippen LogP contribution in [-0.2, 0) is 14.3 Å². The molecule has 0 fully saturated rings. The molecule has 31 heavy (non-hydrogen) atoms. The van der Waals surface area contributed by atoms with Crippen molar-refractivity contribution in [1.82, 2.24) is 10.6 Å². The summed E-state index contributed by atoms with van der Waals surface area (Å²) in [6.07, 6.45) is 1.41. The first-order valence-electron chi connectivity index (χ1n) is 9.57. The zero-order valence-electron chi connectivity index (χ0n) is 17.8. The highest BCUT2D eigenvalue weighted by molar-refractivity contribution is 7.15. The largest absolute Gasteiger partial charge is 0.452 e. The fourth-order valence-electron chi connectivity index (χ4n) is 2.56. The normalized spacial score (nSPS) is 10.2. The Morgan fingerprint density at radius 2 is 1.77 bits per heavy atom. The van der Waals surface area contributed by atoms with E-state index in [4.69, 9.17) is 4.74 Å². The Balaban J connectivity index is 2.21. The molecule has 4 amide bonds. The van der Waals surface area contributed by atoms with E-state index in [9.17, 15) is 19.2 Å². The lowest BCUT2D eigenvalue weighted by atomic mass is 10.0. The molecule has 0 spiro atoms. The molecule has 0 saturated carbocycles. The van der Waals surface area contributed by atoms with Crippen LogP contribution in [0.2, 0.25) is 0 Å². The average Bonchev–Trinajstić information content (AvgIpc) is 3.08. The summed E-state index contributed by atoms with van der Waals surface area (Å²) in [7, 11) is 0. The summed E-state index contributed by atoms with van der Waals surface area (Å²) in [5.41, 5.74) is 2.28. The van der Waals surface area contributed by atoms with Gasteiger partial charge in [0.1, 0.15) is 10.6 Å². The van der Waals surface area contributed by atoms with Gasteiger partial charge in [0.15, 0.2) is 6.61 Å². The Morgan fingerprint density at radius 1 is 1.10 bits per heavy atom. The van der Waals surface area contributed by atoms with Gasteiger partial charge in [0.25, 0.3) is 5.91 Å². The summed E-state index contributed by atoms with van der Waals surface area (Å²) in [6, 6.07) is 8.31. The van der Waals surface area contributed by atoms with E-state index < -0.39 is 24.5 Å². The third kappa shape index (κ3) is 7.38. The molecule has 0 radical (unpaired) electrons. The van der Waals surface area contributed by atoms with Crippen molar-refractivity contribution in [2.45, 2.75) is 33.7 Å². The molecule has 0 aliphatic rings. The van der Waals surface area contributed by atoms with E-state index in [-0.39, 0.29) is 17.5 Å². The number of carbonyl (C=O) groups is 4. The zero-order chi connectivity index (χ0) is 23.0. The fourth-order valence-corrected chi connectivity index (χ4v) is 3.52. The van der Waals surface area contributed by atoms with E-state index in [0.717, 1.165) is 11.1 Å². The molecule has 1 aromatic heterocycles. The van der Waals surface area contributed by atoms with Crippen molar-refractivity contribution in [3.63, 3.8) is 0 Å². The number of nitrogens with one attached hydrogen (secondary N) is 3. The van der Waals surface area contributed by atoms with Crippen molar-refractivity contribution in [1.29, 1.82) is 0 Å². The third-order valence-corrected chi connectivity index (χ3v) is 4.64. The molecule has 0 aliphatic heterocycles. The number of thiophene rings is 1. The second-order valence-corrected chi connectivity index (χ2v) is 8.06. The highest BCUT2D eigenvalue weighted by atomic mass is 32.1. The molecule has 3 N–H and O–H groups in total. The highest BCUT2D eigenvalue weighted by Crippen LogP contribution is 2.36. The Morgan fingerprint density at radius 3 is 2.39 bits per heavy atom. The van der Waals surface area contributed by atoms with Gasteiger partial charge < -0.3 is 15.4 Å². The Kier molecular flexibility index (Phi) is 8.51. The van der Waals surface area contributed by atoms with Crippen LogP contribution in [0, 0.1) is 0 Å². The topological polar surface area (TPSA) is 114 Å². The maximum atomic E-state index is 12.8. The van der Waals surface area contributed by atoms with E-state index in [0.29, 0.717) is 10.6 Å². The molecule has 1 heterocycles. The first-order chi connectivity index (χ1) is 14.7. The molecule has 0 saturated heterocycles. The van der Waals surface area contributed by atoms with Gasteiger partial charge in [0.2, 0.25) is 5.91 Å². The minimum Gasteiger partial charge on any atom is -0.452 e. The minimum atomic E-state index is -0.785. The summed E-state index contributed by atoms with van der Waals surface area (Å²) in [4.78, 5) is 48.5. The summed E-state index contributed by atoms with van der Waals surface area (Å²) in [5, 5.41) is 9.33. The van der Waals surface area contributed by atoms with Crippen molar-refractivity contribution in [2.75, 3.05) is 11.9 Å². The third-order valence-electron chi connectivity index (χ3n) is 3.74. The van der Waals surface area contributed by atoms with Crippen molar-refractivity contribution in [3.8, 4) is 11.1 Å². The summed E-state index contributed by atoms with van der Waals surface area (Å²) in [5.74, 6) is -1.93. The van der Waals surface area contributed by atoms with Crippen molar-refractivity contribution in [3.05, 3.63) is 52.9 Å².